The molecule has 3 heterocycles. The molecule has 0 bridgehead atoms. The lowest BCUT2D eigenvalue weighted by Crippen LogP contribution is -2.53. The summed E-state index contributed by atoms with van der Waals surface area (Å²) in [4.78, 5) is 32.5. The molecule has 2 aliphatic heterocycles. The standard InChI is InChI=1S/C19H27N3O4/c1-15(26-14-17-6-2-3-12-25-17)18(23)21-8-10-22(11-9-21)19(24)16-5-4-7-20-13-16/h4-5,7,13,15,17H,2-3,6,8-12,14H2,1H3. The van der Waals surface area contributed by atoms with Gasteiger partial charge < -0.3 is 19.3 Å². The maximum Gasteiger partial charge on any atom is 0.255 e. The molecule has 7 heteroatoms. The Balaban J connectivity index is 1.43. The highest BCUT2D eigenvalue weighted by Gasteiger charge is 2.28. The van der Waals surface area contributed by atoms with Gasteiger partial charge in [0.05, 0.1) is 18.3 Å². The third-order valence-electron chi connectivity index (χ3n) is 4.94. The Hall–Kier alpha value is -1.99. The summed E-state index contributed by atoms with van der Waals surface area (Å²) >= 11 is 0. The summed E-state index contributed by atoms with van der Waals surface area (Å²) in [5.74, 6) is -0.0572. The number of carbonyl (C=O) groups excluding carboxylic acids is 2. The first-order chi connectivity index (χ1) is 12.6. The summed E-state index contributed by atoms with van der Waals surface area (Å²) < 4.78 is 11.4. The normalized spacial score (nSPS) is 22.1. The van der Waals surface area contributed by atoms with Gasteiger partial charge in [0.2, 0.25) is 0 Å². The molecule has 1 aromatic heterocycles. The fraction of sp³-hybridized carbons (Fsp3) is 0.632. The SMILES string of the molecule is CC(OCC1CCCCO1)C(=O)N1CCN(C(=O)c2cccnc2)CC1. The lowest BCUT2D eigenvalue weighted by molar-refractivity contribution is -0.147. The Kier molecular flexibility index (Phi) is 6.57. The largest absolute Gasteiger partial charge is 0.376 e. The second kappa shape index (κ2) is 9.09. The van der Waals surface area contributed by atoms with Crippen molar-refractivity contribution in [1.82, 2.24) is 14.8 Å². The minimum absolute atomic E-state index is 0.0192. The second-order valence-electron chi connectivity index (χ2n) is 6.82. The van der Waals surface area contributed by atoms with E-state index in [1.54, 1.807) is 41.2 Å². The van der Waals surface area contributed by atoms with Crippen molar-refractivity contribution in [3.63, 3.8) is 0 Å². The molecule has 0 saturated carbocycles. The van der Waals surface area contributed by atoms with Crippen LogP contribution in [0.3, 0.4) is 0 Å². The number of rotatable bonds is 5. The first kappa shape index (κ1) is 18.8. The van der Waals surface area contributed by atoms with Gasteiger partial charge in [-0.25, -0.2) is 0 Å². The van der Waals surface area contributed by atoms with Crippen LogP contribution in [0.15, 0.2) is 24.5 Å². The minimum atomic E-state index is -0.485. The van der Waals surface area contributed by atoms with Crippen LogP contribution in [0.1, 0.15) is 36.5 Å². The van der Waals surface area contributed by atoms with Gasteiger partial charge in [-0.15, -0.1) is 0 Å². The molecule has 2 fully saturated rings. The summed E-state index contributed by atoms with van der Waals surface area (Å²) in [6.45, 7) is 5.14. The van der Waals surface area contributed by atoms with Crippen LogP contribution in [0.5, 0.6) is 0 Å². The van der Waals surface area contributed by atoms with E-state index in [1.807, 2.05) is 0 Å². The monoisotopic (exact) mass is 361 g/mol. The molecule has 2 aliphatic rings. The summed E-state index contributed by atoms with van der Waals surface area (Å²) in [6, 6.07) is 3.51. The number of pyridine rings is 1. The van der Waals surface area contributed by atoms with Gasteiger partial charge in [-0.3, -0.25) is 14.6 Å². The van der Waals surface area contributed by atoms with Gasteiger partial charge in [0, 0.05) is 45.2 Å². The zero-order valence-electron chi connectivity index (χ0n) is 15.3. The molecule has 0 aromatic carbocycles. The molecule has 142 valence electrons. The number of aromatic nitrogens is 1. The maximum atomic E-state index is 12.6. The van der Waals surface area contributed by atoms with E-state index in [0.29, 0.717) is 38.3 Å². The van der Waals surface area contributed by atoms with E-state index in [-0.39, 0.29) is 17.9 Å². The van der Waals surface area contributed by atoms with Crippen molar-refractivity contribution in [2.45, 2.75) is 38.4 Å². The minimum Gasteiger partial charge on any atom is -0.376 e. The highest BCUT2D eigenvalue weighted by molar-refractivity contribution is 5.94. The maximum absolute atomic E-state index is 12.6. The Bertz CT molecular complexity index is 596. The smallest absolute Gasteiger partial charge is 0.255 e. The topological polar surface area (TPSA) is 72.0 Å². The molecule has 1 aromatic rings. The molecular weight excluding hydrogens is 334 g/mol. The van der Waals surface area contributed by atoms with Crippen molar-refractivity contribution in [3.8, 4) is 0 Å². The molecule has 2 amide bonds. The average molecular weight is 361 g/mol. The number of piperazine rings is 1. The van der Waals surface area contributed by atoms with Crippen LogP contribution in [0.25, 0.3) is 0 Å². The van der Waals surface area contributed by atoms with Crippen molar-refractivity contribution in [2.75, 3.05) is 39.4 Å². The molecule has 2 saturated heterocycles. The van der Waals surface area contributed by atoms with E-state index in [2.05, 4.69) is 4.98 Å². The van der Waals surface area contributed by atoms with Gasteiger partial charge in [0.1, 0.15) is 6.10 Å². The van der Waals surface area contributed by atoms with Gasteiger partial charge >= 0.3 is 0 Å². The van der Waals surface area contributed by atoms with Gasteiger partial charge in [-0.2, -0.15) is 0 Å². The molecule has 0 radical (unpaired) electrons. The first-order valence-corrected chi connectivity index (χ1v) is 9.36. The summed E-state index contributed by atoms with van der Waals surface area (Å²) in [7, 11) is 0. The van der Waals surface area contributed by atoms with Gasteiger partial charge in [0.25, 0.3) is 11.8 Å². The van der Waals surface area contributed by atoms with Crippen LogP contribution >= 0.6 is 0 Å². The van der Waals surface area contributed by atoms with Crippen molar-refractivity contribution < 1.29 is 19.1 Å². The van der Waals surface area contributed by atoms with E-state index in [9.17, 15) is 9.59 Å². The van der Waals surface area contributed by atoms with Crippen LogP contribution in [-0.2, 0) is 14.3 Å². The lowest BCUT2D eigenvalue weighted by Gasteiger charge is -2.36. The summed E-state index contributed by atoms with van der Waals surface area (Å²) in [5, 5.41) is 0. The third-order valence-corrected chi connectivity index (χ3v) is 4.94. The molecule has 7 nitrogen and oxygen atoms in total. The Morgan fingerprint density at radius 2 is 2.04 bits per heavy atom. The molecule has 0 N–H and O–H groups in total. The molecule has 2 unspecified atom stereocenters. The number of hydrogen-bond donors (Lipinski definition) is 0. The predicted octanol–water partition coefficient (Wildman–Crippen LogP) is 1.34. The van der Waals surface area contributed by atoms with Crippen LogP contribution in [0.2, 0.25) is 0 Å². The van der Waals surface area contributed by atoms with E-state index in [1.165, 1.54) is 0 Å². The van der Waals surface area contributed by atoms with Crippen molar-refractivity contribution in [2.24, 2.45) is 0 Å². The first-order valence-electron chi connectivity index (χ1n) is 9.36. The quantitative estimate of drug-likeness (QED) is 0.791. The number of hydrogen-bond acceptors (Lipinski definition) is 5. The van der Waals surface area contributed by atoms with Crippen molar-refractivity contribution >= 4 is 11.8 Å². The van der Waals surface area contributed by atoms with E-state index in [4.69, 9.17) is 9.47 Å². The molecule has 3 rings (SSSR count). The fourth-order valence-electron chi connectivity index (χ4n) is 3.32. The van der Waals surface area contributed by atoms with Gasteiger partial charge in [0.15, 0.2) is 0 Å². The number of ether oxygens (including phenoxy) is 2. The van der Waals surface area contributed by atoms with Gasteiger partial charge in [-0.1, -0.05) is 0 Å². The zero-order chi connectivity index (χ0) is 18.4. The fourth-order valence-corrected chi connectivity index (χ4v) is 3.32. The summed E-state index contributed by atoms with van der Waals surface area (Å²) in [6.07, 6.45) is 6.09. The highest BCUT2D eigenvalue weighted by atomic mass is 16.5. The van der Waals surface area contributed by atoms with Crippen LogP contribution in [-0.4, -0.2) is 78.2 Å². The molecular formula is C19H27N3O4. The van der Waals surface area contributed by atoms with E-state index in [0.717, 1.165) is 25.9 Å². The molecule has 2 atom stereocenters. The van der Waals surface area contributed by atoms with Crippen LogP contribution in [0, 0.1) is 0 Å². The lowest BCUT2D eigenvalue weighted by atomic mass is 10.1. The third kappa shape index (κ3) is 4.80. The predicted molar refractivity (Wildman–Crippen MR) is 95.7 cm³/mol. The zero-order valence-corrected chi connectivity index (χ0v) is 15.3. The molecule has 0 spiro atoms. The second-order valence-corrected chi connectivity index (χ2v) is 6.82. The van der Waals surface area contributed by atoms with E-state index < -0.39 is 6.10 Å². The number of amides is 2. The van der Waals surface area contributed by atoms with Crippen molar-refractivity contribution in [1.29, 1.82) is 0 Å². The van der Waals surface area contributed by atoms with Gasteiger partial charge in [-0.05, 0) is 38.3 Å². The van der Waals surface area contributed by atoms with E-state index >= 15 is 0 Å². The highest BCUT2D eigenvalue weighted by Crippen LogP contribution is 2.14. The molecule has 0 aliphatic carbocycles. The summed E-state index contributed by atoms with van der Waals surface area (Å²) in [5.41, 5.74) is 0.580. The average Bonchev–Trinajstić information content (AvgIpc) is 2.72. The van der Waals surface area contributed by atoms with Crippen LogP contribution in [0.4, 0.5) is 0 Å². The Morgan fingerprint density at radius 3 is 2.69 bits per heavy atom. The van der Waals surface area contributed by atoms with Crippen LogP contribution < -0.4 is 0 Å². The Labute approximate surface area is 154 Å². The Morgan fingerprint density at radius 1 is 1.27 bits per heavy atom. The number of carbonyl (C=O) groups is 2. The molecule has 26 heavy (non-hydrogen) atoms. The van der Waals surface area contributed by atoms with Crippen molar-refractivity contribution in [3.05, 3.63) is 30.1 Å². The number of nitrogens with zero attached hydrogens (tertiary/aromatic N) is 3.